The second kappa shape index (κ2) is 6.12. The lowest BCUT2D eigenvalue weighted by atomic mass is 10.0. The molecule has 2 unspecified atom stereocenters. The molecule has 0 amide bonds. The fourth-order valence-electron chi connectivity index (χ4n) is 1.37. The van der Waals surface area contributed by atoms with Crippen LogP contribution in [0.5, 0.6) is 0 Å². The molecule has 0 heterocycles. The molecule has 0 bridgehead atoms. The zero-order valence-corrected chi connectivity index (χ0v) is 10.1. The van der Waals surface area contributed by atoms with E-state index in [0.29, 0.717) is 6.07 Å². The van der Waals surface area contributed by atoms with Gasteiger partial charge >= 0.3 is 6.18 Å². The van der Waals surface area contributed by atoms with Gasteiger partial charge in [0.1, 0.15) is 6.10 Å². The molecule has 0 radical (unpaired) electrons. The SMILES string of the molecule is [N-]=[N+]=NCC(O)C(O)c1ccc(C(F)(F)F)cc1Cl. The lowest BCUT2D eigenvalue weighted by Gasteiger charge is -2.18. The molecule has 1 rings (SSSR count). The fraction of sp³-hybridized carbons (Fsp3) is 0.400. The maximum Gasteiger partial charge on any atom is 0.416 e. The molecule has 0 saturated carbocycles. The lowest BCUT2D eigenvalue weighted by molar-refractivity contribution is -0.137. The van der Waals surface area contributed by atoms with Gasteiger partial charge in [-0.05, 0) is 17.7 Å². The highest BCUT2D eigenvalue weighted by Gasteiger charge is 2.31. The van der Waals surface area contributed by atoms with Gasteiger partial charge in [-0.1, -0.05) is 22.8 Å². The van der Waals surface area contributed by atoms with E-state index in [1.165, 1.54) is 0 Å². The van der Waals surface area contributed by atoms with Crippen molar-refractivity contribution in [2.24, 2.45) is 5.11 Å². The van der Waals surface area contributed by atoms with E-state index in [1.807, 2.05) is 0 Å². The van der Waals surface area contributed by atoms with Crippen molar-refractivity contribution < 1.29 is 23.4 Å². The first kappa shape index (κ1) is 15.6. The van der Waals surface area contributed by atoms with Crippen LogP contribution < -0.4 is 0 Å². The monoisotopic (exact) mass is 295 g/mol. The fourth-order valence-corrected chi connectivity index (χ4v) is 1.66. The molecule has 5 nitrogen and oxygen atoms in total. The molecule has 0 saturated heterocycles. The van der Waals surface area contributed by atoms with Gasteiger partial charge in [-0.2, -0.15) is 13.2 Å². The summed E-state index contributed by atoms with van der Waals surface area (Å²) in [6.45, 7) is -0.422. The second-order valence-electron chi connectivity index (χ2n) is 3.66. The zero-order valence-electron chi connectivity index (χ0n) is 9.34. The van der Waals surface area contributed by atoms with Crippen LogP contribution >= 0.6 is 11.6 Å². The second-order valence-corrected chi connectivity index (χ2v) is 4.07. The van der Waals surface area contributed by atoms with Gasteiger partial charge in [0.25, 0.3) is 0 Å². The summed E-state index contributed by atoms with van der Waals surface area (Å²) >= 11 is 5.63. The number of aliphatic hydroxyl groups is 2. The largest absolute Gasteiger partial charge is 0.416 e. The highest BCUT2D eigenvalue weighted by Crippen LogP contribution is 2.34. The number of halogens is 4. The Labute approximate surface area is 110 Å². The van der Waals surface area contributed by atoms with Gasteiger partial charge in [0.05, 0.1) is 18.2 Å². The topological polar surface area (TPSA) is 89.2 Å². The third-order valence-electron chi connectivity index (χ3n) is 2.34. The minimum absolute atomic E-state index is 0.0738. The molecule has 0 spiro atoms. The molecule has 9 heteroatoms. The minimum Gasteiger partial charge on any atom is -0.390 e. The molecule has 19 heavy (non-hydrogen) atoms. The first-order valence-electron chi connectivity index (χ1n) is 5.01. The highest BCUT2D eigenvalue weighted by atomic mass is 35.5. The summed E-state index contributed by atoms with van der Waals surface area (Å²) in [5, 5.41) is 21.9. The molecule has 104 valence electrons. The van der Waals surface area contributed by atoms with Gasteiger partial charge in [0, 0.05) is 15.5 Å². The minimum atomic E-state index is -4.54. The summed E-state index contributed by atoms with van der Waals surface area (Å²) in [5.41, 5.74) is 7.03. The van der Waals surface area contributed by atoms with Gasteiger partial charge in [-0.15, -0.1) is 0 Å². The van der Waals surface area contributed by atoms with Crippen LogP contribution in [0.4, 0.5) is 13.2 Å². The number of hydrogen-bond donors (Lipinski definition) is 2. The Bertz CT molecular complexity index is 503. The number of aliphatic hydroxyl groups excluding tert-OH is 2. The van der Waals surface area contributed by atoms with Crippen molar-refractivity contribution in [3.8, 4) is 0 Å². The maximum atomic E-state index is 12.4. The summed E-state index contributed by atoms with van der Waals surface area (Å²) in [6.07, 6.45) is -7.54. The first-order valence-corrected chi connectivity index (χ1v) is 5.38. The molecule has 1 aromatic carbocycles. The van der Waals surface area contributed by atoms with Crippen molar-refractivity contribution in [2.45, 2.75) is 18.4 Å². The predicted molar refractivity (Wildman–Crippen MR) is 61.4 cm³/mol. The number of nitrogens with zero attached hydrogens (tertiary/aromatic N) is 3. The lowest BCUT2D eigenvalue weighted by Crippen LogP contribution is -2.21. The van der Waals surface area contributed by atoms with Crippen LogP contribution in [0.1, 0.15) is 17.2 Å². The number of azide groups is 1. The van der Waals surface area contributed by atoms with Crippen LogP contribution in [0, 0.1) is 0 Å². The predicted octanol–water partition coefficient (Wildman–Crippen LogP) is 3.06. The summed E-state index contributed by atoms with van der Waals surface area (Å²) in [6, 6.07) is 2.36. The van der Waals surface area contributed by atoms with Crippen molar-refractivity contribution in [1.82, 2.24) is 0 Å². The summed E-state index contributed by atoms with van der Waals surface area (Å²) in [5.74, 6) is 0. The van der Waals surface area contributed by atoms with E-state index in [0.717, 1.165) is 12.1 Å². The average molecular weight is 296 g/mol. The van der Waals surface area contributed by atoms with Crippen molar-refractivity contribution >= 4 is 11.6 Å². The van der Waals surface area contributed by atoms with Crippen molar-refractivity contribution in [3.63, 3.8) is 0 Å². The van der Waals surface area contributed by atoms with Gasteiger partial charge in [-0.3, -0.25) is 0 Å². The van der Waals surface area contributed by atoms with E-state index in [9.17, 15) is 23.4 Å². The first-order chi connectivity index (χ1) is 8.77. The normalized spacial score (nSPS) is 14.6. The van der Waals surface area contributed by atoms with Gasteiger partial charge in [0.15, 0.2) is 0 Å². The van der Waals surface area contributed by atoms with Gasteiger partial charge in [-0.25, -0.2) is 0 Å². The van der Waals surface area contributed by atoms with Crippen LogP contribution in [0.25, 0.3) is 10.4 Å². The van der Waals surface area contributed by atoms with Crippen LogP contribution in [-0.4, -0.2) is 22.9 Å². The third kappa shape index (κ3) is 4.00. The van der Waals surface area contributed by atoms with E-state index in [-0.39, 0.29) is 10.6 Å². The molecule has 1 aromatic rings. The van der Waals surface area contributed by atoms with E-state index >= 15 is 0 Å². The molecule has 0 aliphatic heterocycles. The molecular formula is C10H9ClF3N3O2. The molecule has 0 aliphatic rings. The van der Waals surface area contributed by atoms with Gasteiger partial charge in [0.2, 0.25) is 0 Å². The Morgan fingerprint density at radius 1 is 1.37 bits per heavy atom. The molecule has 0 fully saturated rings. The zero-order chi connectivity index (χ0) is 14.6. The van der Waals surface area contributed by atoms with E-state index in [1.54, 1.807) is 0 Å². The Morgan fingerprint density at radius 3 is 2.47 bits per heavy atom. The summed E-state index contributed by atoms with van der Waals surface area (Å²) < 4.78 is 37.2. The Hall–Kier alpha value is -1.47. The van der Waals surface area contributed by atoms with Crippen LogP contribution in [-0.2, 0) is 6.18 Å². The van der Waals surface area contributed by atoms with E-state index in [2.05, 4.69) is 10.0 Å². The number of alkyl halides is 3. The van der Waals surface area contributed by atoms with E-state index < -0.39 is 30.5 Å². The van der Waals surface area contributed by atoms with Crippen molar-refractivity contribution in [2.75, 3.05) is 6.54 Å². The smallest absolute Gasteiger partial charge is 0.390 e. The summed E-state index contributed by atoms with van der Waals surface area (Å²) in [4.78, 5) is 2.39. The average Bonchev–Trinajstić information content (AvgIpc) is 2.33. The molecule has 0 aliphatic carbocycles. The summed E-state index contributed by atoms with van der Waals surface area (Å²) in [7, 11) is 0. The van der Waals surface area contributed by atoms with Crippen LogP contribution in [0.15, 0.2) is 23.3 Å². The molecular weight excluding hydrogens is 287 g/mol. The molecule has 0 aromatic heterocycles. The maximum absolute atomic E-state index is 12.4. The highest BCUT2D eigenvalue weighted by molar-refractivity contribution is 6.31. The third-order valence-corrected chi connectivity index (χ3v) is 2.67. The Kier molecular flexibility index (Phi) is 5.02. The standard InChI is InChI=1S/C10H9ClF3N3O2/c11-7-3-5(10(12,13)14)1-2-6(7)9(19)8(18)4-16-17-15/h1-3,8-9,18-19H,4H2. The van der Waals surface area contributed by atoms with Crippen molar-refractivity contribution in [3.05, 3.63) is 44.8 Å². The molecule has 2 N–H and O–H groups in total. The number of hydrogen-bond acceptors (Lipinski definition) is 3. The quantitative estimate of drug-likeness (QED) is 0.508. The molecule has 2 atom stereocenters. The Balaban J connectivity index is 2.99. The van der Waals surface area contributed by atoms with Crippen molar-refractivity contribution in [1.29, 1.82) is 0 Å². The number of benzene rings is 1. The van der Waals surface area contributed by atoms with Crippen LogP contribution in [0.2, 0.25) is 5.02 Å². The van der Waals surface area contributed by atoms with E-state index in [4.69, 9.17) is 17.1 Å². The van der Waals surface area contributed by atoms with Gasteiger partial charge < -0.3 is 10.2 Å². The number of rotatable bonds is 4. The van der Waals surface area contributed by atoms with Crippen LogP contribution in [0.3, 0.4) is 0 Å². The Morgan fingerprint density at radius 2 is 2.00 bits per heavy atom.